The maximum Gasteiger partial charge on any atom is 0.308 e. The molecular weight excluding hydrogens is 252 g/mol. The molecule has 0 saturated carbocycles. The molecular formula is C17H26O3. The number of phenolic OH excluding ortho intramolecular Hbond substituents is 1. The number of phenols is 1. The topological polar surface area (TPSA) is 46.5 Å². The van der Waals surface area contributed by atoms with Gasteiger partial charge >= 0.3 is 5.97 Å². The van der Waals surface area contributed by atoms with Gasteiger partial charge in [0.1, 0.15) is 5.75 Å². The van der Waals surface area contributed by atoms with E-state index in [0.29, 0.717) is 6.61 Å². The summed E-state index contributed by atoms with van der Waals surface area (Å²) >= 11 is 0. The first-order chi connectivity index (χ1) is 9.58. The molecule has 1 N–H and O–H groups in total. The lowest BCUT2D eigenvalue weighted by molar-refractivity contribution is -0.149. The largest absolute Gasteiger partial charge is 0.508 e. The second-order valence-electron chi connectivity index (χ2n) is 5.35. The van der Waals surface area contributed by atoms with E-state index in [1.807, 2.05) is 19.1 Å². The fourth-order valence-corrected chi connectivity index (χ4v) is 2.23. The Bertz CT molecular complexity index is 397. The molecule has 1 aromatic rings. The maximum absolute atomic E-state index is 12.0. The van der Waals surface area contributed by atoms with Crippen LogP contribution in [-0.4, -0.2) is 17.7 Å². The van der Waals surface area contributed by atoms with E-state index < -0.39 is 0 Å². The normalized spacial score (nSPS) is 13.8. The lowest BCUT2D eigenvalue weighted by atomic mass is 9.89. The van der Waals surface area contributed by atoms with E-state index in [2.05, 4.69) is 13.8 Å². The van der Waals surface area contributed by atoms with E-state index >= 15 is 0 Å². The Balaban J connectivity index is 2.54. The van der Waals surface area contributed by atoms with Gasteiger partial charge in [-0.3, -0.25) is 4.79 Å². The predicted octanol–water partition coefficient (Wildman–Crippen LogP) is 4.26. The van der Waals surface area contributed by atoms with E-state index in [4.69, 9.17) is 4.74 Å². The van der Waals surface area contributed by atoms with Crippen molar-refractivity contribution >= 4 is 5.97 Å². The molecule has 1 rings (SSSR count). The first-order valence-electron chi connectivity index (χ1n) is 7.54. The van der Waals surface area contributed by atoms with Crippen LogP contribution in [0.25, 0.3) is 0 Å². The summed E-state index contributed by atoms with van der Waals surface area (Å²) in [5.74, 6) is 0.425. The molecule has 0 heterocycles. The van der Waals surface area contributed by atoms with E-state index in [1.54, 1.807) is 12.1 Å². The van der Waals surface area contributed by atoms with Crippen LogP contribution < -0.4 is 0 Å². The fraction of sp³-hybridized carbons (Fsp3) is 0.588. The summed E-state index contributed by atoms with van der Waals surface area (Å²) in [4.78, 5) is 12.0. The number of hydrogen-bond acceptors (Lipinski definition) is 3. The average Bonchev–Trinajstić information content (AvgIpc) is 2.45. The van der Waals surface area contributed by atoms with Crippen LogP contribution in [0, 0.1) is 5.92 Å². The molecule has 112 valence electrons. The number of carbonyl (C=O) groups excluding carboxylic acids is 1. The van der Waals surface area contributed by atoms with Crippen molar-refractivity contribution in [2.75, 3.05) is 6.61 Å². The average molecular weight is 278 g/mol. The number of benzene rings is 1. The third-order valence-corrected chi connectivity index (χ3v) is 3.67. The van der Waals surface area contributed by atoms with Gasteiger partial charge in [0, 0.05) is 0 Å². The van der Waals surface area contributed by atoms with Crippen LogP contribution in [-0.2, 0) is 9.53 Å². The van der Waals surface area contributed by atoms with E-state index in [9.17, 15) is 9.90 Å². The van der Waals surface area contributed by atoms with Gasteiger partial charge in [0.2, 0.25) is 0 Å². The molecule has 0 radical (unpaired) electrons. The van der Waals surface area contributed by atoms with Crippen molar-refractivity contribution in [3.8, 4) is 5.75 Å². The Kier molecular flexibility index (Phi) is 7.13. The lowest BCUT2D eigenvalue weighted by Gasteiger charge is -2.19. The first-order valence-corrected chi connectivity index (χ1v) is 7.54. The molecule has 0 bridgehead atoms. The van der Waals surface area contributed by atoms with E-state index in [-0.39, 0.29) is 23.6 Å². The van der Waals surface area contributed by atoms with Crippen molar-refractivity contribution in [3.63, 3.8) is 0 Å². The van der Waals surface area contributed by atoms with Gasteiger partial charge in [0.25, 0.3) is 0 Å². The van der Waals surface area contributed by atoms with E-state index in [0.717, 1.165) is 31.2 Å². The molecule has 0 aliphatic carbocycles. The molecule has 1 aromatic carbocycles. The predicted molar refractivity (Wildman–Crippen MR) is 80.8 cm³/mol. The Labute approximate surface area is 122 Å². The standard InChI is InChI=1S/C17H26O3/c1-4-6-11-20-17(19)14(5-2)12-13(3)15-7-9-16(18)10-8-15/h7-10,13-14,18H,4-6,11-12H2,1-3H3. The molecule has 20 heavy (non-hydrogen) atoms. The Morgan fingerprint density at radius 2 is 1.90 bits per heavy atom. The van der Waals surface area contributed by atoms with Crippen LogP contribution in [0.4, 0.5) is 0 Å². The summed E-state index contributed by atoms with van der Waals surface area (Å²) in [6.45, 7) is 6.74. The lowest BCUT2D eigenvalue weighted by Crippen LogP contribution is -2.19. The quantitative estimate of drug-likeness (QED) is 0.571. The third kappa shape index (κ3) is 5.24. The number of aromatic hydroxyl groups is 1. The van der Waals surface area contributed by atoms with Crippen molar-refractivity contribution in [2.45, 2.75) is 52.4 Å². The first kappa shape index (κ1) is 16.5. The van der Waals surface area contributed by atoms with Gasteiger partial charge in [-0.05, 0) is 42.9 Å². The molecule has 3 nitrogen and oxygen atoms in total. The van der Waals surface area contributed by atoms with Crippen molar-refractivity contribution in [1.29, 1.82) is 0 Å². The maximum atomic E-state index is 12.0. The van der Waals surface area contributed by atoms with Crippen molar-refractivity contribution < 1.29 is 14.6 Å². The number of unbranched alkanes of at least 4 members (excludes halogenated alkanes) is 1. The molecule has 0 spiro atoms. The van der Waals surface area contributed by atoms with Gasteiger partial charge in [0.05, 0.1) is 12.5 Å². The van der Waals surface area contributed by atoms with E-state index in [1.165, 1.54) is 0 Å². The number of ether oxygens (including phenoxy) is 1. The van der Waals surface area contributed by atoms with Gasteiger partial charge in [-0.2, -0.15) is 0 Å². The van der Waals surface area contributed by atoms with Crippen molar-refractivity contribution in [1.82, 2.24) is 0 Å². The molecule has 0 saturated heterocycles. The Morgan fingerprint density at radius 1 is 1.25 bits per heavy atom. The minimum atomic E-state index is -0.0772. The zero-order valence-electron chi connectivity index (χ0n) is 12.8. The Hall–Kier alpha value is -1.51. The summed E-state index contributed by atoms with van der Waals surface area (Å²) in [7, 11) is 0. The summed E-state index contributed by atoms with van der Waals surface area (Å²) in [6.07, 6.45) is 3.54. The summed E-state index contributed by atoms with van der Waals surface area (Å²) in [6, 6.07) is 7.20. The highest BCUT2D eigenvalue weighted by molar-refractivity contribution is 5.72. The van der Waals surface area contributed by atoms with Crippen molar-refractivity contribution in [3.05, 3.63) is 29.8 Å². The van der Waals surface area contributed by atoms with Crippen LogP contribution in [0.15, 0.2) is 24.3 Å². The summed E-state index contributed by atoms with van der Waals surface area (Å²) in [5, 5.41) is 9.30. The minimum absolute atomic E-state index is 0.0457. The molecule has 3 heteroatoms. The molecule has 2 atom stereocenters. The molecule has 0 aromatic heterocycles. The zero-order chi connectivity index (χ0) is 15.0. The highest BCUT2D eigenvalue weighted by atomic mass is 16.5. The van der Waals surface area contributed by atoms with Gasteiger partial charge in [-0.25, -0.2) is 0 Å². The number of rotatable bonds is 8. The number of hydrogen-bond donors (Lipinski definition) is 1. The van der Waals surface area contributed by atoms with Gasteiger partial charge in [-0.1, -0.05) is 39.3 Å². The summed E-state index contributed by atoms with van der Waals surface area (Å²) < 4.78 is 5.31. The SMILES string of the molecule is CCCCOC(=O)C(CC)CC(C)c1ccc(O)cc1. The second kappa shape index (κ2) is 8.62. The van der Waals surface area contributed by atoms with Crippen LogP contribution >= 0.6 is 0 Å². The molecule has 0 aliphatic heterocycles. The zero-order valence-corrected chi connectivity index (χ0v) is 12.8. The Morgan fingerprint density at radius 3 is 2.45 bits per heavy atom. The highest BCUT2D eigenvalue weighted by Crippen LogP contribution is 2.27. The summed E-state index contributed by atoms with van der Waals surface area (Å²) in [5.41, 5.74) is 1.14. The van der Waals surface area contributed by atoms with Crippen LogP contribution in [0.3, 0.4) is 0 Å². The number of esters is 1. The van der Waals surface area contributed by atoms with Crippen LogP contribution in [0.5, 0.6) is 5.75 Å². The minimum Gasteiger partial charge on any atom is -0.508 e. The van der Waals surface area contributed by atoms with Crippen LogP contribution in [0.1, 0.15) is 57.9 Å². The molecule has 0 amide bonds. The smallest absolute Gasteiger partial charge is 0.308 e. The van der Waals surface area contributed by atoms with Crippen LogP contribution in [0.2, 0.25) is 0 Å². The fourth-order valence-electron chi connectivity index (χ4n) is 2.23. The third-order valence-electron chi connectivity index (χ3n) is 3.67. The number of carbonyl (C=O) groups is 1. The van der Waals surface area contributed by atoms with Gasteiger partial charge < -0.3 is 9.84 Å². The second-order valence-corrected chi connectivity index (χ2v) is 5.35. The van der Waals surface area contributed by atoms with Gasteiger partial charge in [0.15, 0.2) is 0 Å². The highest BCUT2D eigenvalue weighted by Gasteiger charge is 2.21. The molecule has 2 unspecified atom stereocenters. The van der Waals surface area contributed by atoms with Crippen molar-refractivity contribution in [2.24, 2.45) is 5.92 Å². The monoisotopic (exact) mass is 278 g/mol. The molecule has 0 aliphatic rings. The van der Waals surface area contributed by atoms with Gasteiger partial charge in [-0.15, -0.1) is 0 Å². The molecule has 0 fully saturated rings.